The lowest BCUT2D eigenvalue weighted by Crippen LogP contribution is -3.00. The van der Waals surface area contributed by atoms with E-state index in [4.69, 9.17) is 4.98 Å². The van der Waals surface area contributed by atoms with Crippen LogP contribution in [0.25, 0.3) is 27.8 Å². The van der Waals surface area contributed by atoms with E-state index in [1.165, 1.54) is 5.69 Å². The first-order chi connectivity index (χ1) is 16.7. The third-order valence-corrected chi connectivity index (χ3v) is 6.13. The van der Waals surface area contributed by atoms with Gasteiger partial charge < -0.3 is 17.3 Å². The number of rotatable bonds is 6. The van der Waals surface area contributed by atoms with Crippen LogP contribution >= 0.6 is 0 Å². The molecule has 176 valence electrons. The number of anilines is 1. The zero-order valence-corrected chi connectivity index (χ0v) is 20.8. The lowest BCUT2D eigenvalue weighted by Gasteiger charge is -2.20. The number of hydrogen-bond donors (Lipinski definition) is 0. The molecule has 1 aliphatic rings. The van der Waals surface area contributed by atoms with E-state index in [0.29, 0.717) is 0 Å². The van der Waals surface area contributed by atoms with Crippen LogP contribution in [0, 0.1) is 0 Å². The van der Waals surface area contributed by atoms with Gasteiger partial charge in [0.1, 0.15) is 11.0 Å². The summed E-state index contributed by atoms with van der Waals surface area (Å²) in [6.07, 6.45) is 6.79. The Morgan fingerprint density at radius 2 is 1.60 bits per heavy atom. The summed E-state index contributed by atoms with van der Waals surface area (Å²) in [6.45, 7) is 10.3. The van der Waals surface area contributed by atoms with Crippen LogP contribution in [0.2, 0.25) is 0 Å². The minimum atomic E-state index is 0. The molecule has 4 aromatic rings. The molecule has 35 heavy (non-hydrogen) atoms. The van der Waals surface area contributed by atoms with Crippen LogP contribution in [0.15, 0.2) is 113 Å². The average Bonchev–Trinajstić information content (AvgIpc) is 2.88. The molecule has 1 heterocycles. The molecule has 0 saturated heterocycles. The van der Waals surface area contributed by atoms with Gasteiger partial charge in [-0.15, -0.1) is 4.57 Å². The zero-order valence-electron chi connectivity index (χ0n) is 20.0. The summed E-state index contributed by atoms with van der Waals surface area (Å²) >= 11 is 0. The Balaban J connectivity index is 0.00000289. The Kier molecular flexibility index (Phi) is 7.37. The zero-order chi connectivity index (χ0) is 23.5. The van der Waals surface area contributed by atoms with Crippen LogP contribution in [0.1, 0.15) is 20.3 Å². The van der Waals surface area contributed by atoms with Crippen LogP contribution in [-0.2, 0) is 0 Å². The largest absolute Gasteiger partial charge is 1.00 e. The van der Waals surface area contributed by atoms with E-state index < -0.39 is 0 Å². The molecule has 1 aliphatic carbocycles. The summed E-state index contributed by atoms with van der Waals surface area (Å²) in [7, 11) is 0. The highest BCUT2D eigenvalue weighted by Crippen LogP contribution is 2.26. The molecular weight excluding hydrogens is 454 g/mol. The van der Waals surface area contributed by atoms with E-state index >= 15 is 0 Å². The van der Waals surface area contributed by atoms with E-state index in [0.717, 1.165) is 64.2 Å². The Bertz CT molecular complexity index is 1470. The number of halogens is 1. The second kappa shape index (κ2) is 10.6. The van der Waals surface area contributed by atoms with Crippen molar-refractivity contribution in [1.82, 2.24) is 4.98 Å². The number of aromatic nitrogens is 2. The number of benzene rings is 3. The first kappa shape index (κ1) is 24.3. The van der Waals surface area contributed by atoms with Crippen molar-refractivity contribution >= 4 is 33.4 Å². The highest BCUT2D eigenvalue weighted by Gasteiger charge is 2.21. The third kappa shape index (κ3) is 5.00. The Hall–Kier alpha value is -3.83. The standard InChI is InChI=1S/C29H28N5.ClH/c1-4-33(5-2)25-16-18-27-29(20-25)34(24-9-7-6-8-10-24)28-19-23(15-17-26(28)30-27)32-31-22-13-11-21(3)12-14-22;/h6-11,13-20H,3-5,12H2,1-2H3;1H/q+1;/p-1. The van der Waals surface area contributed by atoms with Crippen LogP contribution in [0.4, 0.5) is 11.4 Å². The SMILES string of the molecule is C=C1C=CC(N=Nc2ccc3nc4ccc(N(CC)CC)cc4[n+](-c4ccccc4)c3c2)=CC1.[Cl-]. The predicted octanol–water partition coefficient (Wildman–Crippen LogP) is 4.00. The third-order valence-electron chi connectivity index (χ3n) is 6.13. The van der Waals surface area contributed by atoms with Crippen LogP contribution in [0.3, 0.4) is 0 Å². The first-order valence-corrected chi connectivity index (χ1v) is 11.7. The second-order valence-electron chi connectivity index (χ2n) is 8.33. The molecule has 1 aromatic heterocycles. The molecule has 0 aliphatic heterocycles. The van der Waals surface area contributed by atoms with Gasteiger partial charge >= 0.3 is 0 Å². The molecule has 6 heteroatoms. The van der Waals surface area contributed by atoms with E-state index in [1.807, 2.05) is 36.4 Å². The van der Waals surface area contributed by atoms with Crippen LogP contribution in [-0.4, -0.2) is 18.1 Å². The van der Waals surface area contributed by atoms with Gasteiger partial charge in [-0.3, -0.25) is 0 Å². The molecule has 5 rings (SSSR count). The van der Waals surface area contributed by atoms with Crippen molar-refractivity contribution in [2.45, 2.75) is 20.3 Å². The smallest absolute Gasteiger partial charge is 0.239 e. The maximum Gasteiger partial charge on any atom is 0.239 e. The van der Waals surface area contributed by atoms with Crippen LogP contribution in [0.5, 0.6) is 0 Å². The maximum absolute atomic E-state index is 4.97. The van der Waals surface area contributed by atoms with Gasteiger partial charge in [0.15, 0.2) is 0 Å². The van der Waals surface area contributed by atoms with E-state index in [9.17, 15) is 0 Å². The molecular formula is C29H28ClN5. The van der Waals surface area contributed by atoms with Gasteiger partial charge in [0, 0.05) is 43.0 Å². The number of hydrogen-bond acceptors (Lipinski definition) is 4. The minimum absolute atomic E-state index is 0. The van der Waals surface area contributed by atoms with Gasteiger partial charge in [0.2, 0.25) is 16.7 Å². The predicted molar refractivity (Wildman–Crippen MR) is 140 cm³/mol. The second-order valence-corrected chi connectivity index (χ2v) is 8.33. The van der Waals surface area contributed by atoms with Crippen molar-refractivity contribution in [2.75, 3.05) is 18.0 Å². The van der Waals surface area contributed by atoms with Crippen molar-refractivity contribution in [3.63, 3.8) is 0 Å². The summed E-state index contributed by atoms with van der Waals surface area (Å²) in [5, 5.41) is 8.96. The van der Waals surface area contributed by atoms with Gasteiger partial charge in [-0.05, 0) is 50.6 Å². The summed E-state index contributed by atoms with van der Waals surface area (Å²) in [6, 6.07) is 23.0. The summed E-state index contributed by atoms with van der Waals surface area (Å²) in [5.74, 6) is 0. The molecule has 0 spiro atoms. The van der Waals surface area contributed by atoms with E-state index in [2.05, 4.69) is 88.7 Å². The Morgan fingerprint density at radius 1 is 0.886 bits per heavy atom. The average molecular weight is 482 g/mol. The fourth-order valence-electron chi connectivity index (χ4n) is 4.30. The van der Waals surface area contributed by atoms with E-state index in [-0.39, 0.29) is 12.4 Å². The van der Waals surface area contributed by atoms with Gasteiger partial charge in [-0.2, -0.15) is 10.2 Å². The van der Waals surface area contributed by atoms with Crippen LogP contribution < -0.4 is 21.9 Å². The molecule has 0 atom stereocenters. The first-order valence-electron chi connectivity index (χ1n) is 11.7. The lowest BCUT2D eigenvalue weighted by molar-refractivity contribution is -0.538. The Morgan fingerprint density at radius 3 is 2.29 bits per heavy atom. The lowest BCUT2D eigenvalue weighted by atomic mass is 10.1. The van der Waals surface area contributed by atoms with Crippen molar-refractivity contribution in [2.24, 2.45) is 10.2 Å². The summed E-state index contributed by atoms with van der Waals surface area (Å²) < 4.78 is 2.27. The molecule has 3 aromatic carbocycles. The highest BCUT2D eigenvalue weighted by molar-refractivity contribution is 5.85. The fourth-order valence-corrected chi connectivity index (χ4v) is 4.30. The number of azo groups is 1. The van der Waals surface area contributed by atoms with Crippen molar-refractivity contribution in [3.05, 3.63) is 103 Å². The fraction of sp³-hybridized carbons (Fsp3) is 0.172. The quantitative estimate of drug-likeness (QED) is 0.237. The molecule has 0 radical (unpaired) electrons. The van der Waals surface area contributed by atoms with E-state index in [1.54, 1.807) is 0 Å². The summed E-state index contributed by atoms with van der Waals surface area (Å²) in [4.78, 5) is 7.32. The molecule has 0 unspecified atom stereocenters. The molecule has 0 amide bonds. The van der Waals surface area contributed by atoms with Gasteiger partial charge in [0.25, 0.3) is 0 Å². The minimum Gasteiger partial charge on any atom is -1.00 e. The maximum atomic E-state index is 4.97. The number of nitrogens with zero attached hydrogens (tertiary/aromatic N) is 5. The molecule has 0 fully saturated rings. The van der Waals surface area contributed by atoms with Gasteiger partial charge in [-0.25, -0.2) is 4.98 Å². The van der Waals surface area contributed by atoms with Crippen molar-refractivity contribution in [3.8, 4) is 5.69 Å². The molecule has 0 N–H and O–H groups in total. The number of allylic oxidation sites excluding steroid dienone is 4. The van der Waals surface area contributed by atoms with Crippen molar-refractivity contribution < 1.29 is 17.0 Å². The molecule has 0 saturated carbocycles. The highest BCUT2D eigenvalue weighted by atomic mass is 35.5. The number of para-hydroxylation sites is 1. The van der Waals surface area contributed by atoms with Gasteiger partial charge in [-0.1, -0.05) is 42.5 Å². The van der Waals surface area contributed by atoms with Gasteiger partial charge in [0.05, 0.1) is 11.4 Å². The Labute approximate surface area is 212 Å². The topological polar surface area (TPSA) is 44.7 Å². The molecule has 5 nitrogen and oxygen atoms in total. The monoisotopic (exact) mass is 481 g/mol. The number of fused-ring (bicyclic) bond motifs is 2. The summed E-state index contributed by atoms with van der Waals surface area (Å²) in [5.41, 5.74) is 8.93. The van der Waals surface area contributed by atoms with Crippen molar-refractivity contribution in [1.29, 1.82) is 0 Å². The molecule has 0 bridgehead atoms. The normalized spacial score (nSPS) is 13.3.